The molecule has 1 aromatic carbocycles. The summed E-state index contributed by atoms with van der Waals surface area (Å²) in [6.45, 7) is 0. The molecule has 1 aromatic rings. The molecule has 1 aliphatic rings. The largest absolute Gasteiger partial charge is 0.468 e. The average molecular weight is 254 g/mol. The summed E-state index contributed by atoms with van der Waals surface area (Å²) in [5.74, 6) is -0.165. The van der Waals surface area contributed by atoms with Crippen LogP contribution in [0.4, 0.5) is 0 Å². The molecule has 1 fully saturated rings. The van der Waals surface area contributed by atoms with Gasteiger partial charge in [-0.05, 0) is 31.5 Å². The number of methoxy groups -OCH3 is 1. The van der Waals surface area contributed by atoms with Gasteiger partial charge >= 0.3 is 5.97 Å². The van der Waals surface area contributed by atoms with E-state index < -0.39 is 0 Å². The van der Waals surface area contributed by atoms with Gasteiger partial charge in [0.25, 0.3) is 0 Å². The van der Waals surface area contributed by atoms with Gasteiger partial charge in [0, 0.05) is 11.1 Å². The first-order valence-electron chi connectivity index (χ1n) is 5.69. The fourth-order valence-corrected chi connectivity index (χ4v) is 2.74. The van der Waals surface area contributed by atoms with E-state index in [4.69, 9.17) is 16.3 Å². The van der Waals surface area contributed by atoms with Gasteiger partial charge in [-0.3, -0.25) is 9.69 Å². The predicted octanol–water partition coefficient (Wildman–Crippen LogP) is 2.65. The fourth-order valence-electron chi connectivity index (χ4n) is 2.48. The Morgan fingerprint density at radius 1 is 1.41 bits per heavy atom. The van der Waals surface area contributed by atoms with Crippen LogP contribution in [0.15, 0.2) is 24.3 Å². The number of carbonyl (C=O) groups is 1. The molecule has 0 N–H and O–H groups in total. The standard InChI is InChI=1S/C13H16ClNO2/c1-15-11(7-8-12(15)13(16)17-2)9-5-3-4-6-10(9)14/h3-6,11-12H,7-8H2,1-2H3. The first-order valence-corrected chi connectivity index (χ1v) is 6.07. The first kappa shape index (κ1) is 12.4. The van der Waals surface area contributed by atoms with Crippen LogP contribution in [0.5, 0.6) is 0 Å². The third-order valence-corrected chi connectivity index (χ3v) is 3.78. The van der Waals surface area contributed by atoms with Crippen molar-refractivity contribution in [3.05, 3.63) is 34.9 Å². The molecule has 0 radical (unpaired) electrons. The summed E-state index contributed by atoms with van der Waals surface area (Å²) < 4.78 is 4.81. The lowest BCUT2D eigenvalue weighted by atomic mass is 10.0. The van der Waals surface area contributed by atoms with Crippen LogP contribution < -0.4 is 0 Å². The van der Waals surface area contributed by atoms with E-state index in [1.807, 2.05) is 36.2 Å². The van der Waals surface area contributed by atoms with Crippen LogP contribution in [0.25, 0.3) is 0 Å². The topological polar surface area (TPSA) is 29.5 Å². The number of benzene rings is 1. The molecule has 1 heterocycles. The zero-order valence-electron chi connectivity index (χ0n) is 10.0. The van der Waals surface area contributed by atoms with Crippen LogP contribution in [0.1, 0.15) is 24.4 Å². The van der Waals surface area contributed by atoms with E-state index in [9.17, 15) is 4.79 Å². The third-order valence-electron chi connectivity index (χ3n) is 3.43. The van der Waals surface area contributed by atoms with Crippen molar-refractivity contribution in [1.82, 2.24) is 4.90 Å². The molecule has 1 saturated heterocycles. The molecule has 0 aliphatic carbocycles. The Morgan fingerprint density at radius 2 is 2.12 bits per heavy atom. The number of ether oxygens (including phenoxy) is 1. The van der Waals surface area contributed by atoms with Crippen LogP contribution >= 0.6 is 11.6 Å². The molecule has 92 valence electrons. The number of carbonyl (C=O) groups excluding carboxylic acids is 1. The van der Waals surface area contributed by atoms with Crippen LogP contribution in [-0.4, -0.2) is 31.1 Å². The van der Waals surface area contributed by atoms with Crippen molar-refractivity contribution in [1.29, 1.82) is 0 Å². The van der Waals surface area contributed by atoms with Crippen LogP contribution in [0.2, 0.25) is 5.02 Å². The Balaban J connectivity index is 2.21. The Labute approximate surface area is 106 Å². The molecule has 0 spiro atoms. The SMILES string of the molecule is COC(=O)C1CCC(c2ccccc2Cl)N1C. The highest BCUT2D eigenvalue weighted by Crippen LogP contribution is 2.37. The lowest BCUT2D eigenvalue weighted by Crippen LogP contribution is -2.35. The van der Waals surface area contributed by atoms with Gasteiger partial charge in [-0.2, -0.15) is 0 Å². The van der Waals surface area contributed by atoms with Crippen molar-refractivity contribution < 1.29 is 9.53 Å². The quantitative estimate of drug-likeness (QED) is 0.759. The number of likely N-dealkylation sites (N-methyl/N-ethyl adjacent to an activating group) is 1. The van der Waals surface area contributed by atoms with Crippen molar-refractivity contribution in [2.24, 2.45) is 0 Å². The van der Waals surface area contributed by atoms with E-state index in [1.54, 1.807) is 0 Å². The molecule has 0 amide bonds. The Hall–Kier alpha value is -1.06. The van der Waals surface area contributed by atoms with Gasteiger partial charge in [0.1, 0.15) is 6.04 Å². The number of nitrogens with zero attached hydrogens (tertiary/aromatic N) is 1. The second kappa shape index (κ2) is 5.07. The van der Waals surface area contributed by atoms with Gasteiger partial charge in [0.05, 0.1) is 7.11 Å². The van der Waals surface area contributed by atoms with Gasteiger partial charge in [0.15, 0.2) is 0 Å². The maximum absolute atomic E-state index is 11.6. The Bertz CT molecular complexity index is 422. The highest BCUT2D eigenvalue weighted by Gasteiger charge is 2.37. The van der Waals surface area contributed by atoms with Crippen LogP contribution in [0, 0.1) is 0 Å². The highest BCUT2D eigenvalue weighted by molar-refractivity contribution is 6.31. The molecule has 1 aliphatic heterocycles. The lowest BCUT2D eigenvalue weighted by Gasteiger charge is -2.25. The molecule has 0 aromatic heterocycles. The normalized spacial score (nSPS) is 24.9. The average Bonchev–Trinajstić information content (AvgIpc) is 2.71. The Kier molecular flexibility index (Phi) is 3.69. The number of esters is 1. The maximum Gasteiger partial charge on any atom is 0.323 e. The zero-order chi connectivity index (χ0) is 12.4. The number of rotatable bonds is 2. The summed E-state index contributed by atoms with van der Waals surface area (Å²) in [6, 6.07) is 7.84. The number of hydrogen-bond donors (Lipinski definition) is 0. The molecule has 2 unspecified atom stereocenters. The summed E-state index contributed by atoms with van der Waals surface area (Å²) >= 11 is 6.19. The highest BCUT2D eigenvalue weighted by atomic mass is 35.5. The van der Waals surface area contributed by atoms with Gasteiger partial charge in [0.2, 0.25) is 0 Å². The van der Waals surface area contributed by atoms with Crippen molar-refractivity contribution in [3.63, 3.8) is 0 Å². The summed E-state index contributed by atoms with van der Waals surface area (Å²) in [4.78, 5) is 13.6. The van der Waals surface area contributed by atoms with Gasteiger partial charge in [-0.1, -0.05) is 29.8 Å². The number of hydrogen-bond acceptors (Lipinski definition) is 3. The molecule has 0 saturated carbocycles. The minimum Gasteiger partial charge on any atom is -0.468 e. The smallest absolute Gasteiger partial charge is 0.323 e. The fraction of sp³-hybridized carbons (Fsp3) is 0.462. The van der Waals surface area contributed by atoms with E-state index in [0.29, 0.717) is 0 Å². The molecular formula is C13H16ClNO2. The monoisotopic (exact) mass is 253 g/mol. The van der Waals surface area contributed by atoms with E-state index >= 15 is 0 Å². The minimum atomic E-state index is -0.165. The Morgan fingerprint density at radius 3 is 2.76 bits per heavy atom. The van der Waals surface area contributed by atoms with E-state index in [2.05, 4.69) is 0 Å². The van der Waals surface area contributed by atoms with Gasteiger partial charge in [-0.25, -0.2) is 0 Å². The minimum absolute atomic E-state index is 0.152. The second-order valence-corrected chi connectivity index (χ2v) is 4.73. The van der Waals surface area contributed by atoms with E-state index in [1.165, 1.54) is 7.11 Å². The van der Waals surface area contributed by atoms with Crippen molar-refractivity contribution in [3.8, 4) is 0 Å². The zero-order valence-corrected chi connectivity index (χ0v) is 10.8. The molecule has 17 heavy (non-hydrogen) atoms. The number of likely N-dealkylation sites (tertiary alicyclic amines) is 1. The molecule has 2 rings (SSSR count). The third kappa shape index (κ3) is 2.31. The predicted molar refractivity (Wildman–Crippen MR) is 67.0 cm³/mol. The van der Waals surface area contributed by atoms with Crippen LogP contribution in [-0.2, 0) is 9.53 Å². The summed E-state index contributed by atoms with van der Waals surface area (Å²) in [5, 5.41) is 0.759. The van der Waals surface area contributed by atoms with Crippen LogP contribution in [0.3, 0.4) is 0 Å². The second-order valence-electron chi connectivity index (χ2n) is 4.32. The van der Waals surface area contributed by atoms with Gasteiger partial charge < -0.3 is 4.74 Å². The summed E-state index contributed by atoms with van der Waals surface area (Å²) in [5.41, 5.74) is 1.09. The van der Waals surface area contributed by atoms with Crippen molar-refractivity contribution >= 4 is 17.6 Å². The lowest BCUT2D eigenvalue weighted by molar-refractivity contribution is -0.145. The van der Waals surface area contributed by atoms with Crippen molar-refractivity contribution in [2.45, 2.75) is 24.9 Å². The van der Waals surface area contributed by atoms with E-state index in [-0.39, 0.29) is 18.1 Å². The number of halogens is 1. The molecule has 4 heteroatoms. The molecular weight excluding hydrogens is 238 g/mol. The van der Waals surface area contributed by atoms with Crippen molar-refractivity contribution in [2.75, 3.05) is 14.2 Å². The first-order chi connectivity index (χ1) is 8.15. The summed E-state index contributed by atoms with van der Waals surface area (Å²) in [7, 11) is 3.38. The molecule has 2 atom stereocenters. The van der Waals surface area contributed by atoms with E-state index in [0.717, 1.165) is 23.4 Å². The van der Waals surface area contributed by atoms with Gasteiger partial charge in [-0.15, -0.1) is 0 Å². The molecule has 3 nitrogen and oxygen atoms in total. The molecule has 0 bridgehead atoms. The maximum atomic E-state index is 11.6. The summed E-state index contributed by atoms with van der Waals surface area (Å²) in [6.07, 6.45) is 1.75.